The molecule has 156 valence electrons. The number of hydrogen-bond acceptors (Lipinski definition) is 7. The number of amides is 2. The summed E-state index contributed by atoms with van der Waals surface area (Å²) in [6.07, 6.45) is 1.67. The smallest absolute Gasteiger partial charge is 0.266 e. The third kappa shape index (κ3) is 4.86. The number of thioether (sulfide) groups is 1. The van der Waals surface area contributed by atoms with Crippen molar-refractivity contribution in [2.45, 2.75) is 0 Å². The summed E-state index contributed by atoms with van der Waals surface area (Å²) in [6.45, 7) is -0.292. The van der Waals surface area contributed by atoms with E-state index in [4.69, 9.17) is 33.3 Å². The molecule has 1 aliphatic heterocycles. The Morgan fingerprint density at radius 1 is 1.23 bits per heavy atom. The fourth-order valence-electron chi connectivity index (χ4n) is 2.67. The van der Waals surface area contributed by atoms with Gasteiger partial charge >= 0.3 is 0 Å². The lowest BCUT2D eigenvalue weighted by Gasteiger charge is -2.14. The fraction of sp³-hybridized carbons (Fsp3) is 0.150. The Morgan fingerprint density at radius 2 is 1.97 bits per heavy atom. The van der Waals surface area contributed by atoms with Crippen molar-refractivity contribution in [3.05, 3.63) is 51.9 Å². The molecule has 2 aromatic rings. The molecule has 1 aliphatic rings. The van der Waals surface area contributed by atoms with Gasteiger partial charge in [-0.15, -0.1) is 0 Å². The molecular weight excluding hydrogens is 448 g/mol. The van der Waals surface area contributed by atoms with Crippen molar-refractivity contribution in [1.82, 2.24) is 4.90 Å². The number of benzene rings is 2. The summed E-state index contributed by atoms with van der Waals surface area (Å²) in [4.78, 5) is 26.7. The van der Waals surface area contributed by atoms with Crippen LogP contribution in [0.5, 0.6) is 17.2 Å². The summed E-state index contributed by atoms with van der Waals surface area (Å²) in [5.74, 6) is 0.0681. The second kappa shape index (κ2) is 9.38. The molecule has 0 saturated carbocycles. The largest absolute Gasteiger partial charge is 0.506 e. The standard InChI is InChI=1S/C20H17ClN2O5S2/c1-27-15-6-3-11(7-16(15)28-2)8-17-19(26)23(20(29)30-17)10-18(25)22-13-9-12(21)4-5-14(13)24/h3-9,24H,10H2,1-2H3,(H,22,25). The van der Waals surface area contributed by atoms with Gasteiger partial charge in [0.05, 0.1) is 24.8 Å². The number of phenols is 1. The molecule has 0 aliphatic carbocycles. The van der Waals surface area contributed by atoms with Crippen LogP contribution in [0.4, 0.5) is 5.69 Å². The second-order valence-corrected chi connectivity index (χ2v) is 8.20. The zero-order chi connectivity index (χ0) is 21.8. The monoisotopic (exact) mass is 464 g/mol. The predicted octanol–water partition coefficient (Wildman–Crippen LogP) is 3.90. The molecular formula is C20H17ClN2O5S2. The van der Waals surface area contributed by atoms with Crippen molar-refractivity contribution in [3.8, 4) is 17.2 Å². The summed E-state index contributed by atoms with van der Waals surface area (Å²) in [7, 11) is 3.06. The van der Waals surface area contributed by atoms with Gasteiger partial charge in [0.1, 0.15) is 16.6 Å². The summed E-state index contributed by atoms with van der Waals surface area (Å²) in [6, 6.07) is 9.52. The molecule has 7 nitrogen and oxygen atoms in total. The van der Waals surface area contributed by atoms with Crippen LogP contribution in [0.15, 0.2) is 41.3 Å². The first kappa shape index (κ1) is 21.9. The summed E-state index contributed by atoms with van der Waals surface area (Å²) < 4.78 is 10.7. The average Bonchev–Trinajstić information content (AvgIpc) is 2.98. The molecule has 0 radical (unpaired) electrons. The lowest BCUT2D eigenvalue weighted by molar-refractivity contribution is -0.126. The van der Waals surface area contributed by atoms with Crippen molar-refractivity contribution in [3.63, 3.8) is 0 Å². The van der Waals surface area contributed by atoms with E-state index in [9.17, 15) is 14.7 Å². The van der Waals surface area contributed by atoms with Gasteiger partial charge in [-0.05, 0) is 42.0 Å². The minimum Gasteiger partial charge on any atom is -0.506 e. The molecule has 0 aromatic heterocycles. The third-order valence-corrected chi connectivity index (χ3v) is 5.73. The lowest BCUT2D eigenvalue weighted by Crippen LogP contribution is -2.36. The SMILES string of the molecule is COc1ccc(C=C2SC(=S)N(CC(=O)Nc3cc(Cl)ccc3O)C2=O)cc1OC. The first-order valence-corrected chi connectivity index (χ1v) is 10.2. The van der Waals surface area contributed by atoms with Crippen molar-refractivity contribution in [2.24, 2.45) is 0 Å². The molecule has 1 heterocycles. The molecule has 2 N–H and O–H groups in total. The molecule has 0 spiro atoms. The van der Waals surface area contributed by atoms with Crippen LogP contribution < -0.4 is 14.8 Å². The lowest BCUT2D eigenvalue weighted by atomic mass is 10.2. The number of anilines is 1. The molecule has 10 heteroatoms. The molecule has 0 bridgehead atoms. The number of halogens is 1. The van der Waals surface area contributed by atoms with Crippen LogP contribution in [-0.4, -0.2) is 46.9 Å². The number of phenolic OH excluding ortho intramolecular Hbond substituents is 1. The third-order valence-electron chi connectivity index (χ3n) is 4.11. The predicted molar refractivity (Wildman–Crippen MR) is 121 cm³/mol. The van der Waals surface area contributed by atoms with Crippen LogP contribution in [0.3, 0.4) is 0 Å². The highest BCUT2D eigenvalue weighted by atomic mass is 35.5. The topological polar surface area (TPSA) is 88.1 Å². The molecule has 1 fully saturated rings. The Bertz CT molecular complexity index is 1060. The first-order chi connectivity index (χ1) is 14.3. The zero-order valence-corrected chi connectivity index (χ0v) is 18.4. The van der Waals surface area contributed by atoms with E-state index in [2.05, 4.69) is 5.32 Å². The number of methoxy groups -OCH3 is 2. The Balaban J connectivity index is 1.73. The normalized spacial score (nSPS) is 14.9. The number of carbonyl (C=O) groups excluding carboxylic acids is 2. The number of carbonyl (C=O) groups is 2. The van der Waals surface area contributed by atoms with Crippen molar-refractivity contribution < 1.29 is 24.2 Å². The maximum absolute atomic E-state index is 12.7. The minimum absolute atomic E-state index is 0.133. The van der Waals surface area contributed by atoms with Crippen LogP contribution in [0.1, 0.15) is 5.56 Å². The van der Waals surface area contributed by atoms with Crippen LogP contribution in [-0.2, 0) is 9.59 Å². The van der Waals surface area contributed by atoms with Gasteiger partial charge in [-0.3, -0.25) is 14.5 Å². The average molecular weight is 465 g/mol. The summed E-state index contributed by atoms with van der Waals surface area (Å²) in [5, 5.41) is 12.7. The highest BCUT2D eigenvalue weighted by Gasteiger charge is 2.33. The van der Waals surface area contributed by atoms with Gasteiger partial charge in [-0.1, -0.05) is 41.6 Å². The Kier molecular flexibility index (Phi) is 6.86. The van der Waals surface area contributed by atoms with Gasteiger partial charge in [0.2, 0.25) is 5.91 Å². The van der Waals surface area contributed by atoms with E-state index >= 15 is 0 Å². The van der Waals surface area contributed by atoms with E-state index in [1.807, 2.05) is 0 Å². The Morgan fingerprint density at radius 3 is 2.67 bits per heavy atom. The van der Waals surface area contributed by atoms with Gasteiger partial charge in [0.15, 0.2) is 11.5 Å². The Hall–Kier alpha value is -2.75. The summed E-state index contributed by atoms with van der Waals surface area (Å²) in [5.41, 5.74) is 0.875. The first-order valence-electron chi connectivity index (χ1n) is 8.58. The van der Waals surface area contributed by atoms with Gasteiger partial charge in [-0.2, -0.15) is 0 Å². The van der Waals surface area contributed by atoms with Crippen molar-refractivity contribution >= 4 is 63.5 Å². The summed E-state index contributed by atoms with van der Waals surface area (Å²) >= 11 is 12.2. The van der Waals surface area contributed by atoms with Gasteiger partial charge < -0.3 is 19.9 Å². The number of thiocarbonyl (C=S) groups is 1. The Labute approximate surface area is 187 Å². The maximum atomic E-state index is 12.7. The molecule has 1 saturated heterocycles. The minimum atomic E-state index is -0.517. The van der Waals surface area contributed by atoms with E-state index in [0.717, 1.165) is 17.3 Å². The van der Waals surface area contributed by atoms with Crippen LogP contribution in [0, 0.1) is 0 Å². The van der Waals surface area contributed by atoms with Crippen LogP contribution in [0.25, 0.3) is 6.08 Å². The molecule has 0 unspecified atom stereocenters. The number of nitrogens with one attached hydrogen (secondary N) is 1. The van der Waals surface area contributed by atoms with E-state index in [1.165, 1.54) is 37.3 Å². The number of hydrogen-bond donors (Lipinski definition) is 2. The highest BCUT2D eigenvalue weighted by molar-refractivity contribution is 8.26. The van der Waals surface area contributed by atoms with E-state index in [1.54, 1.807) is 24.3 Å². The van der Waals surface area contributed by atoms with E-state index < -0.39 is 5.91 Å². The molecule has 0 atom stereocenters. The maximum Gasteiger partial charge on any atom is 0.266 e. The highest BCUT2D eigenvalue weighted by Crippen LogP contribution is 2.35. The van der Waals surface area contributed by atoms with E-state index in [-0.39, 0.29) is 28.2 Å². The molecule has 2 aromatic carbocycles. The number of nitrogens with zero attached hydrogens (tertiary/aromatic N) is 1. The van der Waals surface area contributed by atoms with Crippen molar-refractivity contribution in [1.29, 1.82) is 0 Å². The quantitative estimate of drug-likeness (QED) is 0.380. The number of rotatable bonds is 6. The number of aromatic hydroxyl groups is 1. The van der Waals surface area contributed by atoms with Crippen LogP contribution in [0.2, 0.25) is 5.02 Å². The van der Waals surface area contributed by atoms with Crippen molar-refractivity contribution in [2.75, 3.05) is 26.1 Å². The molecule has 3 rings (SSSR count). The second-order valence-electron chi connectivity index (χ2n) is 6.09. The zero-order valence-electron chi connectivity index (χ0n) is 16.0. The fourth-order valence-corrected chi connectivity index (χ4v) is 4.10. The number of ether oxygens (including phenoxy) is 2. The molecule has 2 amide bonds. The van der Waals surface area contributed by atoms with Gasteiger partial charge in [0.25, 0.3) is 5.91 Å². The van der Waals surface area contributed by atoms with E-state index in [0.29, 0.717) is 21.4 Å². The van der Waals surface area contributed by atoms with Gasteiger partial charge in [-0.25, -0.2) is 0 Å². The molecule has 30 heavy (non-hydrogen) atoms. The van der Waals surface area contributed by atoms with Gasteiger partial charge in [0, 0.05) is 5.02 Å². The van der Waals surface area contributed by atoms with Crippen LogP contribution >= 0.6 is 35.6 Å².